The molecule has 67 valence electrons. The van der Waals surface area contributed by atoms with Gasteiger partial charge in [0.2, 0.25) is 0 Å². The Morgan fingerprint density at radius 1 is 1.31 bits per heavy atom. The summed E-state index contributed by atoms with van der Waals surface area (Å²) in [6, 6.07) is 10.4. The molecule has 2 atom stereocenters. The molecule has 0 saturated heterocycles. The first-order valence-electron chi connectivity index (χ1n) is 5.22. The van der Waals surface area contributed by atoms with Crippen LogP contribution in [0.5, 0.6) is 0 Å². The van der Waals surface area contributed by atoms with Crippen molar-refractivity contribution >= 4 is 5.69 Å². The van der Waals surface area contributed by atoms with Crippen LogP contribution in [0.4, 0.5) is 5.69 Å². The highest BCUT2D eigenvalue weighted by atomic mass is 15.0. The molecule has 1 nitrogen and oxygen atoms in total. The van der Waals surface area contributed by atoms with E-state index in [2.05, 4.69) is 23.5 Å². The number of nitrogens with one attached hydrogen (secondary N) is 1. The second kappa shape index (κ2) is 2.76. The molecule has 2 aliphatic rings. The van der Waals surface area contributed by atoms with Crippen LogP contribution in [0.1, 0.15) is 37.2 Å². The highest BCUT2D eigenvalue weighted by Crippen LogP contribution is 2.42. The summed E-state index contributed by atoms with van der Waals surface area (Å²) in [7, 11) is 0. The number of benzene rings is 1. The number of rotatable bonds is 0. The van der Waals surface area contributed by atoms with Gasteiger partial charge >= 0.3 is 0 Å². The van der Waals surface area contributed by atoms with Gasteiger partial charge in [-0.05, 0) is 30.5 Å². The van der Waals surface area contributed by atoms with Crippen molar-refractivity contribution in [3.63, 3.8) is 0 Å². The van der Waals surface area contributed by atoms with Gasteiger partial charge in [-0.3, -0.25) is 0 Å². The average Bonchev–Trinajstić information content (AvgIpc) is 2.56. The van der Waals surface area contributed by atoms with Crippen molar-refractivity contribution in [2.45, 2.75) is 37.6 Å². The van der Waals surface area contributed by atoms with Gasteiger partial charge in [-0.25, -0.2) is 0 Å². The van der Waals surface area contributed by atoms with E-state index in [1.54, 1.807) is 0 Å². The number of fused-ring (bicyclic) bond motifs is 3. The molecule has 1 aromatic rings. The molecule has 2 unspecified atom stereocenters. The summed E-state index contributed by atoms with van der Waals surface area (Å²) >= 11 is 0. The molecule has 1 fully saturated rings. The van der Waals surface area contributed by atoms with Gasteiger partial charge < -0.3 is 5.32 Å². The Morgan fingerprint density at radius 2 is 2.23 bits per heavy atom. The predicted molar refractivity (Wildman–Crippen MR) is 53.9 cm³/mol. The molecule has 13 heavy (non-hydrogen) atoms. The SMILES string of the molecule is [c]1cccc2c1C1CCCCC1N2. The minimum Gasteiger partial charge on any atom is -0.381 e. The summed E-state index contributed by atoms with van der Waals surface area (Å²) in [6.45, 7) is 0. The molecule has 1 N–H and O–H groups in total. The van der Waals surface area contributed by atoms with Crippen molar-refractivity contribution in [1.29, 1.82) is 0 Å². The van der Waals surface area contributed by atoms with Crippen molar-refractivity contribution in [2.75, 3.05) is 5.32 Å². The van der Waals surface area contributed by atoms with Gasteiger partial charge in [-0.2, -0.15) is 0 Å². The third kappa shape index (κ3) is 1.06. The molecule has 0 spiro atoms. The van der Waals surface area contributed by atoms with E-state index in [9.17, 15) is 0 Å². The lowest BCUT2D eigenvalue weighted by Gasteiger charge is -2.25. The average molecular weight is 172 g/mol. The van der Waals surface area contributed by atoms with Crippen LogP contribution in [-0.4, -0.2) is 6.04 Å². The highest BCUT2D eigenvalue weighted by Gasteiger charge is 2.33. The van der Waals surface area contributed by atoms with Crippen molar-refractivity contribution in [3.8, 4) is 0 Å². The molecule has 1 aliphatic heterocycles. The number of anilines is 1. The molecule has 1 saturated carbocycles. The zero-order valence-corrected chi connectivity index (χ0v) is 7.72. The summed E-state index contributed by atoms with van der Waals surface area (Å²) in [6.07, 6.45) is 5.48. The minimum atomic E-state index is 0.711. The molecule has 1 heteroatoms. The van der Waals surface area contributed by atoms with Crippen LogP contribution < -0.4 is 5.32 Å². The van der Waals surface area contributed by atoms with Crippen molar-refractivity contribution in [1.82, 2.24) is 0 Å². The van der Waals surface area contributed by atoms with Crippen LogP contribution in [0.15, 0.2) is 18.2 Å². The van der Waals surface area contributed by atoms with E-state index in [0.29, 0.717) is 6.04 Å². The van der Waals surface area contributed by atoms with Gasteiger partial charge in [0.15, 0.2) is 0 Å². The lowest BCUT2D eigenvalue weighted by atomic mass is 9.83. The van der Waals surface area contributed by atoms with Crippen molar-refractivity contribution in [2.24, 2.45) is 0 Å². The van der Waals surface area contributed by atoms with Gasteiger partial charge in [0, 0.05) is 17.6 Å². The molecule has 1 heterocycles. The second-order valence-electron chi connectivity index (χ2n) is 4.14. The Morgan fingerprint density at radius 3 is 3.23 bits per heavy atom. The van der Waals surface area contributed by atoms with Crippen LogP contribution in [0.25, 0.3) is 0 Å². The largest absolute Gasteiger partial charge is 0.381 e. The predicted octanol–water partition coefficient (Wildman–Crippen LogP) is 2.94. The Kier molecular flexibility index (Phi) is 1.58. The zero-order valence-electron chi connectivity index (χ0n) is 7.72. The molecule has 3 rings (SSSR count). The third-order valence-corrected chi connectivity index (χ3v) is 3.37. The maximum atomic E-state index is 3.61. The van der Waals surface area contributed by atoms with Gasteiger partial charge in [-0.15, -0.1) is 0 Å². The standard InChI is InChI=1S/C12H14N/c1-3-7-11-9(5-1)10-6-2-4-8-12(10)13-11/h1,3,7,10,12-13H,2,4,6,8H2. The zero-order chi connectivity index (χ0) is 8.67. The van der Waals surface area contributed by atoms with Crippen LogP contribution in [0.3, 0.4) is 0 Å². The molecular formula is C12H14N. The van der Waals surface area contributed by atoms with Gasteiger partial charge in [0.1, 0.15) is 0 Å². The number of hydrogen-bond donors (Lipinski definition) is 1. The van der Waals surface area contributed by atoms with E-state index in [0.717, 1.165) is 5.92 Å². The van der Waals surface area contributed by atoms with E-state index in [1.807, 2.05) is 6.07 Å². The lowest BCUT2D eigenvalue weighted by molar-refractivity contribution is 0.422. The fraction of sp³-hybridized carbons (Fsp3) is 0.500. The van der Waals surface area contributed by atoms with Crippen LogP contribution in [0.2, 0.25) is 0 Å². The Labute approximate surface area is 79.2 Å². The third-order valence-electron chi connectivity index (χ3n) is 3.37. The quantitative estimate of drug-likeness (QED) is 0.634. The first-order valence-corrected chi connectivity index (χ1v) is 5.22. The summed E-state index contributed by atoms with van der Waals surface area (Å²) in [5.74, 6) is 0.755. The molecule has 0 amide bonds. The van der Waals surface area contributed by atoms with E-state index in [4.69, 9.17) is 0 Å². The fourth-order valence-corrected chi connectivity index (χ4v) is 2.73. The Hall–Kier alpha value is -0.980. The van der Waals surface area contributed by atoms with Crippen LogP contribution in [-0.2, 0) is 0 Å². The normalized spacial score (nSPS) is 30.5. The highest BCUT2D eigenvalue weighted by molar-refractivity contribution is 5.58. The molecule has 0 bridgehead atoms. The maximum Gasteiger partial charge on any atom is 0.0384 e. The van der Waals surface area contributed by atoms with Gasteiger partial charge in [0.25, 0.3) is 0 Å². The molecule has 1 aromatic carbocycles. The first-order chi connectivity index (χ1) is 6.45. The van der Waals surface area contributed by atoms with E-state index in [-0.39, 0.29) is 0 Å². The van der Waals surface area contributed by atoms with Gasteiger partial charge in [-0.1, -0.05) is 25.0 Å². The molecular weight excluding hydrogens is 158 g/mol. The van der Waals surface area contributed by atoms with Crippen LogP contribution >= 0.6 is 0 Å². The van der Waals surface area contributed by atoms with Crippen molar-refractivity contribution in [3.05, 3.63) is 29.8 Å². The second-order valence-corrected chi connectivity index (χ2v) is 4.14. The topological polar surface area (TPSA) is 12.0 Å². The minimum absolute atomic E-state index is 0.711. The summed E-state index contributed by atoms with van der Waals surface area (Å²) < 4.78 is 0. The van der Waals surface area contributed by atoms with E-state index in [1.165, 1.54) is 36.9 Å². The van der Waals surface area contributed by atoms with Crippen molar-refractivity contribution < 1.29 is 0 Å². The smallest absolute Gasteiger partial charge is 0.0384 e. The maximum absolute atomic E-state index is 3.61. The summed E-state index contributed by atoms with van der Waals surface area (Å²) in [4.78, 5) is 0. The molecule has 0 aromatic heterocycles. The monoisotopic (exact) mass is 172 g/mol. The van der Waals surface area contributed by atoms with E-state index >= 15 is 0 Å². The molecule has 1 aliphatic carbocycles. The Balaban J connectivity index is 2.01. The van der Waals surface area contributed by atoms with Crippen LogP contribution in [0, 0.1) is 6.07 Å². The first kappa shape index (κ1) is 7.43. The summed E-state index contributed by atoms with van der Waals surface area (Å²) in [5, 5.41) is 3.61. The van der Waals surface area contributed by atoms with E-state index < -0.39 is 0 Å². The fourth-order valence-electron chi connectivity index (χ4n) is 2.73. The molecule has 1 radical (unpaired) electrons. The van der Waals surface area contributed by atoms with Gasteiger partial charge in [0.05, 0.1) is 0 Å². The summed E-state index contributed by atoms with van der Waals surface area (Å²) in [5.41, 5.74) is 2.77. The Bertz CT molecular complexity index is 319. The number of hydrogen-bond acceptors (Lipinski definition) is 1. The lowest BCUT2D eigenvalue weighted by Crippen LogP contribution is -2.23.